The Bertz CT molecular complexity index is 816. The number of carbonyl (C=O) groups excluding carboxylic acids is 2. The molecule has 0 aliphatic carbocycles. The Hall–Kier alpha value is -2.78. The van der Waals surface area contributed by atoms with E-state index in [4.69, 9.17) is 9.47 Å². The summed E-state index contributed by atoms with van der Waals surface area (Å²) in [7, 11) is 0. The molecule has 1 aromatic carbocycles. The molecule has 1 saturated heterocycles. The molecule has 1 fully saturated rings. The summed E-state index contributed by atoms with van der Waals surface area (Å²) in [6.45, 7) is 5.84. The Balaban J connectivity index is 1.64. The average molecular weight is 387 g/mol. The van der Waals surface area contributed by atoms with Crippen LogP contribution in [0, 0.1) is 0 Å². The average Bonchev–Trinajstić information content (AvgIpc) is 3.31. The monoisotopic (exact) mass is 387 g/mol. The van der Waals surface area contributed by atoms with E-state index in [0.29, 0.717) is 38.4 Å². The fraction of sp³-hybridized carbons (Fsp3) is 0.474. The lowest BCUT2D eigenvalue weighted by Crippen LogP contribution is -2.24. The van der Waals surface area contributed by atoms with Gasteiger partial charge in [0.25, 0.3) is 5.91 Å². The summed E-state index contributed by atoms with van der Waals surface area (Å²) in [4.78, 5) is 26.1. The van der Waals surface area contributed by atoms with Crippen molar-refractivity contribution in [3.63, 3.8) is 0 Å². The number of carbonyl (C=O) groups is 2. The van der Waals surface area contributed by atoms with Gasteiger partial charge in [-0.3, -0.25) is 9.59 Å². The quantitative estimate of drug-likeness (QED) is 0.661. The van der Waals surface area contributed by atoms with Gasteiger partial charge in [0.1, 0.15) is 0 Å². The normalized spacial score (nSPS) is 14.1. The number of aromatic nitrogens is 3. The van der Waals surface area contributed by atoms with Gasteiger partial charge < -0.3 is 19.7 Å². The van der Waals surface area contributed by atoms with Crippen LogP contribution in [0.4, 0.5) is 11.4 Å². The predicted molar refractivity (Wildman–Crippen MR) is 103 cm³/mol. The van der Waals surface area contributed by atoms with E-state index in [1.165, 1.54) is 4.68 Å². The largest absolute Gasteiger partial charge is 0.351 e. The molecule has 2 amide bonds. The summed E-state index contributed by atoms with van der Waals surface area (Å²) in [5.74, 6) is -0.273. The van der Waals surface area contributed by atoms with E-state index in [2.05, 4.69) is 15.6 Å². The van der Waals surface area contributed by atoms with Crippen molar-refractivity contribution in [2.75, 3.05) is 30.0 Å². The van der Waals surface area contributed by atoms with Gasteiger partial charge in [0.05, 0.1) is 12.7 Å². The topological polar surface area (TPSA) is 98.6 Å². The van der Waals surface area contributed by atoms with Crippen LogP contribution in [0.3, 0.4) is 0 Å². The molecule has 1 aliphatic heterocycles. The fourth-order valence-electron chi connectivity index (χ4n) is 3.04. The number of ether oxygens (including phenoxy) is 2. The number of benzene rings is 1. The zero-order valence-electron chi connectivity index (χ0n) is 16.1. The first-order valence-corrected chi connectivity index (χ1v) is 9.45. The van der Waals surface area contributed by atoms with Gasteiger partial charge in [-0.15, -0.1) is 5.10 Å². The first-order valence-electron chi connectivity index (χ1n) is 9.45. The Labute approximate surface area is 163 Å². The second-order valence-corrected chi connectivity index (χ2v) is 6.32. The summed E-state index contributed by atoms with van der Waals surface area (Å²) >= 11 is 0. The Morgan fingerprint density at radius 3 is 2.75 bits per heavy atom. The van der Waals surface area contributed by atoms with Crippen LogP contribution < -0.4 is 10.2 Å². The molecule has 28 heavy (non-hydrogen) atoms. The highest BCUT2D eigenvalue weighted by molar-refractivity contribution is 6.03. The van der Waals surface area contributed by atoms with Crippen LogP contribution in [0.15, 0.2) is 30.5 Å². The van der Waals surface area contributed by atoms with E-state index in [1.54, 1.807) is 23.2 Å². The minimum Gasteiger partial charge on any atom is -0.351 e. The third kappa shape index (κ3) is 4.93. The minimum atomic E-state index is -0.442. The van der Waals surface area contributed by atoms with E-state index in [9.17, 15) is 9.59 Å². The molecular weight excluding hydrogens is 362 g/mol. The number of hydrogen-bond donors (Lipinski definition) is 1. The maximum absolute atomic E-state index is 12.5. The zero-order valence-corrected chi connectivity index (χ0v) is 16.1. The molecule has 1 aromatic heterocycles. The smallest absolute Gasteiger partial charge is 0.277 e. The minimum absolute atomic E-state index is 0.101. The van der Waals surface area contributed by atoms with Crippen LogP contribution in [0.1, 0.15) is 37.2 Å². The first kappa shape index (κ1) is 20.0. The summed E-state index contributed by atoms with van der Waals surface area (Å²) in [5.41, 5.74) is 1.56. The number of nitrogens with zero attached hydrogens (tertiary/aromatic N) is 4. The van der Waals surface area contributed by atoms with Crippen molar-refractivity contribution in [2.45, 2.75) is 39.5 Å². The fourth-order valence-corrected chi connectivity index (χ4v) is 3.04. The zero-order chi connectivity index (χ0) is 19.9. The molecule has 0 spiro atoms. The number of hydrogen-bond acceptors (Lipinski definition) is 6. The second kappa shape index (κ2) is 9.43. The molecule has 0 bridgehead atoms. The summed E-state index contributed by atoms with van der Waals surface area (Å²) in [6.07, 6.45) is 2.52. The maximum atomic E-state index is 12.5. The molecule has 150 valence electrons. The van der Waals surface area contributed by atoms with Crippen molar-refractivity contribution in [3.8, 4) is 0 Å². The van der Waals surface area contributed by atoms with Gasteiger partial charge in [0.2, 0.25) is 5.91 Å². The third-order valence-electron chi connectivity index (χ3n) is 4.30. The van der Waals surface area contributed by atoms with E-state index in [0.717, 1.165) is 12.1 Å². The Morgan fingerprint density at radius 2 is 2.07 bits per heavy atom. The van der Waals surface area contributed by atoms with Gasteiger partial charge in [-0.1, -0.05) is 11.3 Å². The second-order valence-electron chi connectivity index (χ2n) is 6.32. The highest BCUT2D eigenvalue weighted by Crippen LogP contribution is 2.24. The van der Waals surface area contributed by atoms with Crippen molar-refractivity contribution < 1.29 is 19.1 Å². The van der Waals surface area contributed by atoms with Gasteiger partial charge in [0.15, 0.2) is 12.0 Å². The van der Waals surface area contributed by atoms with E-state index in [1.807, 2.05) is 26.0 Å². The van der Waals surface area contributed by atoms with Crippen molar-refractivity contribution in [3.05, 3.63) is 36.2 Å². The molecule has 1 aliphatic rings. The van der Waals surface area contributed by atoms with E-state index in [-0.39, 0.29) is 17.5 Å². The maximum Gasteiger partial charge on any atom is 0.277 e. The Morgan fingerprint density at radius 1 is 1.29 bits per heavy atom. The van der Waals surface area contributed by atoms with Crippen LogP contribution in [0.5, 0.6) is 0 Å². The van der Waals surface area contributed by atoms with Crippen LogP contribution in [0.25, 0.3) is 0 Å². The third-order valence-corrected chi connectivity index (χ3v) is 4.30. The van der Waals surface area contributed by atoms with Crippen LogP contribution in [0.2, 0.25) is 0 Å². The molecule has 2 aromatic rings. The standard InChI is InChI=1S/C19H25N5O4/c1-3-27-18(28-4-2)13-23-12-16(21-22-23)19(26)20-14-7-5-8-15(11-14)24-10-6-9-17(24)25/h5,7-8,11-12,18H,3-4,6,9-10,13H2,1-2H3,(H,20,26). The summed E-state index contributed by atoms with van der Waals surface area (Å²) < 4.78 is 12.5. The lowest BCUT2D eigenvalue weighted by molar-refractivity contribution is -0.145. The molecule has 0 atom stereocenters. The SMILES string of the molecule is CCOC(Cn1cc(C(=O)Nc2cccc(N3CCCC3=O)c2)nn1)OCC. The van der Waals surface area contributed by atoms with Gasteiger partial charge in [-0.2, -0.15) is 0 Å². The number of rotatable bonds is 9. The first-order chi connectivity index (χ1) is 13.6. The molecule has 9 nitrogen and oxygen atoms in total. The number of anilines is 2. The summed E-state index contributed by atoms with van der Waals surface area (Å²) in [6, 6.07) is 7.22. The van der Waals surface area contributed by atoms with Crippen molar-refractivity contribution in [1.82, 2.24) is 15.0 Å². The van der Waals surface area contributed by atoms with Crippen LogP contribution >= 0.6 is 0 Å². The van der Waals surface area contributed by atoms with Gasteiger partial charge >= 0.3 is 0 Å². The lowest BCUT2D eigenvalue weighted by Gasteiger charge is -2.16. The molecule has 1 N–H and O–H groups in total. The van der Waals surface area contributed by atoms with Gasteiger partial charge in [0, 0.05) is 37.6 Å². The lowest BCUT2D eigenvalue weighted by atomic mass is 10.2. The van der Waals surface area contributed by atoms with Crippen molar-refractivity contribution in [1.29, 1.82) is 0 Å². The van der Waals surface area contributed by atoms with E-state index >= 15 is 0 Å². The predicted octanol–water partition coefficient (Wildman–Crippen LogP) is 2.06. The van der Waals surface area contributed by atoms with Crippen LogP contribution in [-0.2, 0) is 20.8 Å². The Kier molecular flexibility index (Phi) is 6.72. The summed E-state index contributed by atoms with van der Waals surface area (Å²) in [5, 5.41) is 10.7. The van der Waals surface area contributed by atoms with Crippen molar-refractivity contribution in [2.24, 2.45) is 0 Å². The molecule has 2 heterocycles. The van der Waals surface area contributed by atoms with Crippen LogP contribution in [-0.4, -0.2) is 52.9 Å². The molecule has 9 heteroatoms. The van der Waals surface area contributed by atoms with Gasteiger partial charge in [-0.25, -0.2) is 4.68 Å². The molecule has 0 radical (unpaired) electrons. The number of amides is 2. The van der Waals surface area contributed by atoms with Gasteiger partial charge in [-0.05, 0) is 38.5 Å². The molecule has 0 saturated carbocycles. The molecular formula is C19H25N5O4. The van der Waals surface area contributed by atoms with Crippen molar-refractivity contribution >= 4 is 23.2 Å². The molecule has 3 rings (SSSR count). The number of nitrogens with one attached hydrogen (secondary N) is 1. The van der Waals surface area contributed by atoms with E-state index < -0.39 is 6.29 Å². The highest BCUT2D eigenvalue weighted by atomic mass is 16.7. The highest BCUT2D eigenvalue weighted by Gasteiger charge is 2.22. The molecule has 0 unspecified atom stereocenters.